The van der Waals surface area contributed by atoms with Crippen LogP contribution in [0, 0.1) is 0 Å². The normalized spacial score (nSPS) is 21.5. The summed E-state index contributed by atoms with van der Waals surface area (Å²) in [5, 5.41) is 0. The highest BCUT2D eigenvalue weighted by Crippen LogP contribution is 2.37. The zero-order valence-corrected chi connectivity index (χ0v) is 10.0. The number of halogens is 1. The molecule has 1 unspecified atom stereocenters. The summed E-state index contributed by atoms with van der Waals surface area (Å²) in [6.45, 7) is 0. The number of hydrogen-bond acceptors (Lipinski definition) is 1. The summed E-state index contributed by atoms with van der Waals surface area (Å²) in [5.41, 5.74) is 2.27. The lowest BCUT2D eigenvalue weighted by Crippen LogP contribution is -2.07. The Balaban J connectivity index is 2.19. The Hall–Kier alpha value is -0.890. The van der Waals surface area contributed by atoms with Gasteiger partial charge in [-0.25, -0.2) is 0 Å². The fourth-order valence-corrected chi connectivity index (χ4v) is 2.55. The van der Waals surface area contributed by atoms with Crippen LogP contribution in [-0.4, -0.2) is 6.29 Å². The van der Waals surface area contributed by atoms with Crippen LogP contribution in [0.2, 0.25) is 0 Å². The molecule has 0 heterocycles. The van der Waals surface area contributed by atoms with E-state index >= 15 is 0 Å². The highest BCUT2D eigenvalue weighted by molar-refractivity contribution is 9.11. The van der Waals surface area contributed by atoms with Crippen molar-refractivity contribution in [2.24, 2.45) is 0 Å². The van der Waals surface area contributed by atoms with E-state index in [4.69, 9.17) is 0 Å². The van der Waals surface area contributed by atoms with Gasteiger partial charge < -0.3 is 0 Å². The molecule has 1 aromatic carbocycles. The number of carbonyl (C=O) groups is 1. The molecule has 78 valence electrons. The van der Waals surface area contributed by atoms with Crippen LogP contribution in [0.4, 0.5) is 0 Å². The van der Waals surface area contributed by atoms with Gasteiger partial charge in [0.05, 0.1) is 0 Å². The monoisotopic (exact) mass is 264 g/mol. The third-order valence-electron chi connectivity index (χ3n) is 2.94. The summed E-state index contributed by atoms with van der Waals surface area (Å²) >= 11 is 3.46. The molecule has 0 fully saturated rings. The first-order valence-electron chi connectivity index (χ1n) is 5.19. The second-order valence-electron chi connectivity index (χ2n) is 3.90. The molecule has 0 N–H and O–H groups in total. The van der Waals surface area contributed by atoms with E-state index < -0.39 is 0 Å². The number of rotatable bonds is 2. The van der Waals surface area contributed by atoms with Gasteiger partial charge in [-0.05, 0) is 30.7 Å². The van der Waals surface area contributed by atoms with Gasteiger partial charge in [0.2, 0.25) is 0 Å². The van der Waals surface area contributed by atoms with Gasteiger partial charge in [0.15, 0.2) is 0 Å². The summed E-state index contributed by atoms with van der Waals surface area (Å²) in [5.74, 6) is 0.507. The molecule has 2 rings (SSSR count). The smallest absolute Gasteiger partial charge is 0.146 e. The lowest BCUT2D eigenvalue weighted by Gasteiger charge is -2.22. The van der Waals surface area contributed by atoms with E-state index in [0.717, 1.165) is 35.6 Å². The molecule has 1 aromatic rings. The maximum Gasteiger partial charge on any atom is 0.146 e. The Labute approximate surface area is 98.3 Å². The average molecular weight is 265 g/mol. The quantitative estimate of drug-likeness (QED) is 0.743. The largest absolute Gasteiger partial charge is 0.298 e. The van der Waals surface area contributed by atoms with E-state index in [1.807, 2.05) is 6.07 Å². The minimum Gasteiger partial charge on any atom is -0.298 e. The molecule has 0 aromatic heterocycles. The van der Waals surface area contributed by atoms with Gasteiger partial charge in [-0.15, -0.1) is 0 Å². The molecular formula is C13H13BrO. The van der Waals surface area contributed by atoms with Crippen molar-refractivity contribution < 1.29 is 4.79 Å². The first-order valence-corrected chi connectivity index (χ1v) is 5.98. The van der Waals surface area contributed by atoms with E-state index in [0.29, 0.717) is 5.92 Å². The summed E-state index contributed by atoms with van der Waals surface area (Å²) in [6, 6.07) is 10.4. The number of benzene rings is 1. The van der Waals surface area contributed by atoms with Crippen LogP contribution in [-0.2, 0) is 4.79 Å². The fraction of sp³-hybridized carbons (Fsp3) is 0.308. The van der Waals surface area contributed by atoms with E-state index in [1.165, 1.54) is 5.56 Å². The molecule has 0 bridgehead atoms. The van der Waals surface area contributed by atoms with Gasteiger partial charge in [-0.2, -0.15) is 0 Å². The van der Waals surface area contributed by atoms with Gasteiger partial charge in [-0.3, -0.25) is 4.79 Å². The maximum atomic E-state index is 10.9. The summed E-state index contributed by atoms with van der Waals surface area (Å²) in [6.07, 6.45) is 3.96. The number of hydrogen-bond donors (Lipinski definition) is 0. The summed E-state index contributed by atoms with van der Waals surface area (Å²) in [4.78, 5) is 10.9. The Kier molecular flexibility index (Phi) is 3.37. The minimum atomic E-state index is 0.507. The Bertz CT molecular complexity index is 381. The van der Waals surface area contributed by atoms with Crippen LogP contribution in [0.25, 0.3) is 0 Å². The predicted molar refractivity (Wildman–Crippen MR) is 65.1 cm³/mol. The molecule has 1 aliphatic carbocycles. The summed E-state index contributed by atoms with van der Waals surface area (Å²) < 4.78 is 1.09. The summed E-state index contributed by atoms with van der Waals surface area (Å²) in [7, 11) is 0. The van der Waals surface area contributed by atoms with E-state index in [9.17, 15) is 4.79 Å². The van der Waals surface area contributed by atoms with Gasteiger partial charge in [0, 0.05) is 10.1 Å². The second kappa shape index (κ2) is 4.75. The van der Waals surface area contributed by atoms with Crippen molar-refractivity contribution in [2.75, 3.05) is 0 Å². The van der Waals surface area contributed by atoms with Gasteiger partial charge in [0.25, 0.3) is 0 Å². The molecule has 0 amide bonds. The standard InChI is InChI=1S/C13H13BrO/c14-13-7-6-11(8-12(13)9-15)10-4-2-1-3-5-10/h1-5,9,11H,6-8H2. The molecule has 0 aliphatic heterocycles. The van der Waals surface area contributed by atoms with Crippen molar-refractivity contribution in [3.63, 3.8) is 0 Å². The van der Waals surface area contributed by atoms with Crippen molar-refractivity contribution >= 4 is 22.2 Å². The fourth-order valence-electron chi connectivity index (χ4n) is 2.06. The van der Waals surface area contributed by atoms with Crippen LogP contribution in [0.1, 0.15) is 30.7 Å². The van der Waals surface area contributed by atoms with Gasteiger partial charge in [-0.1, -0.05) is 46.3 Å². The zero-order chi connectivity index (χ0) is 10.7. The third-order valence-corrected chi connectivity index (χ3v) is 3.85. The molecule has 1 aliphatic rings. The first kappa shape index (κ1) is 10.6. The minimum absolute atomic E-state index is 0.507. The number of aldehydes is 1. The third kappa shape index (κ3) is 2.37. The maximum absolute atomic E-state index is 10.9. The average Bonchev–Trinajstić information content (AvgIpc) is 2.31. The van der Waals surface area contributed by atoms with Crippen LogP contribution >= 0.6 is 15.9 Å². The van der Waals surface area contributed by atoms with Crippen LogP contribution in [0.3, 0.4) is 0 Å². The van der Waals surface area contributed by atoms with Crippen molar-refractivity contribution in [3.8, 4) is 0 Å². The number of allylic oxidation sites excluding steroid dienone is 2. The topological polar surface area (TPSA) is 17.1 Å². The Morgan fingerprint density at radius 1 is 1.27 bits per heavy atom. The molecule has 0 radical (unpaired) electrons. The van der Waals surface area contributed by atoms with Crippen molar-refractivity contribution in [3.05, 3.63) is 46.0 Å². The molecule has 1 atom stereocenters. The molecule has 0 spiro atoms. The van der Waals surface area contributed by atoms with E-state index in [1.54, 1.807) is 0 Å². The predicted octanol–water partition coefficient (Wildman–Crippen LogP) is 3.80. The van der Waals surface area contributed by atoms with E-state index in [2.05, 4.69) is 40.2 Å². The molecule has 0 saturated carbocycles. The molecular weight excluding hydrogens is 252 g/mol. The van der Waals surface area contributed by atoms with Crippen LogP contribution in [0.5, 0.6) is 0 Å². The lowest BCUT2D eigenvalue weighted by atomic mass is 9.84. The Morgan fingerprint density at radius 3 is 2.67 bits per heavy atom. The second-order valence-corrected chi connectivity index (χ2v) is 4.86. The first-order chi connectivity index (χ1) is 7.31. The lowest BCUT2D eigenvalue weighted by molar-refractivity contribution is -0.105. The highest BCUT2D eigenvalue weighted by Gasteiger charge is 2.20. The van der Waals surface area contributed by atoms with Crippen molar-refractivity contribution in [2.45, 2.75) is 25.2 Å². The SMILES string of the molecule is O=CC1=C(Br)CCC(c2ccccc2)C1. The van der Waals surface area contributed by atoms with Crippen LogP contribution in [0.15, 0.2) is 40.4 Å². The highest BCUT2D eigenvalue weighted by atomic mass is 79.9. The van der Waals surface area contributed by atoms with Crippen molar-refractivity contribution in [1.29, 1.82) is 0 Å². The number of carbonyl (C=O) groups excluding carboxylic acids is 1. The Morgan fingerprint density at radius 2 is 2.00 bits per heavy atom. The van der Waals surface area contributed by atoms with Gasteiger partial charge in [0.1, 0.15) is 6.29 Å². The molecule has 0 saturated heterocycles. The molecule has 2 heteroatoms. The van der Waals surface area contributed by atoms with Gasteiger partial charge >= 0.3 is 0 Å². The van der Waals surface area contributed by atoms with Crippen LogP contribution < -0.4 is 0 Å². The van der Waals surface area contributed by atoms with Crippen molar-refractivity contribution in [1.82, 2.24) is 0 Å². The molecule has 1 nitrogen and oxygen atoms in total. The van der Waals surface area contributed by atoms with E-state index in [-0.39, 0.29) is 0 Å². The molecule has 15 heavy (non-hydrogen) atoms. The zero-order valence-electron chi connectivity index (χ0n) is 8.45.